The second-order valence-corrected chi connectivity index (χ2v) is 5.96. The van der Waals surface area contributed by atoms with Crippen LogP contribution in [0, 0.1) is 0 Å². The minimum absolute atomic E-state index is 0.0302. The predicted octanol–water partition coefficient (Wildman–Crippen LogP) is 2.68. The van der Waals surface area contributed by atoms with Crippen LogP contribution in [-0.2, 0) is 14.3 Å². The van der Waals surface area contributed by atoms with Gasteiger partial charge < -0.3 is 14.4 Å². The summed E-state index contributed by atoms with van der Waals surface area (Å²) in [5.41, 5.74) is -0.614. The smallest absolute Gasteiger partial charge is 0.410 e. The number of alkyl halides is 1. The molecule has 0 spiro atoms. The second kappa shape index (κ2) is 6.90. The van der Waals surface area contributed by atoms with E-state index < -0.39 is 17.9 Å². The Hall–Kier alpha value is -1.33. The molecule has 0 unspecified atom stereocenters. The van der Waals surface area contributed by atoms with Crippen molar-refractivity contribution in [3.8, 4) is 0 Å². The molecule has 0 radical (unpaired) electrons. The molecule has 1 aliphatic heterocycles. The van der Waals surface area contributed by atoms with E-state index in [0.717, 1.165) is 0 Å². The highest BCUT2D eigenvalue weighted by Gasteiger charge is 2.37. The number of nitrogens with zero attached hydrogens (tertiary/aromatic N) is 1. The Morgan fingerprint density at radius 1 is 1.35 bits per heavy atom. The lowest BCUT2D eigenvalue weighted by Gasteiger charge is -2.28. The first-order valence-corrected chi connectivity index (χ1v) is 7.02. The topological polar surface area (TPSA) is 55.8 Å². The van der Waals surface area contributed by atoms with Gasteiger partial charge >= 0.3 is 12.1 Å². The van der Waals surface area contributed by atoms with Crippen LogP contribution < -0.4 is 0 Å². The van der Waals surface area contributed by atoms with E-state index in [1.54, 1.807) is 27.7 Å². The molecule has 1 amide bonds. The fourth-order valence-electron chi connectivity index (χ4n) is 2.19. The largest absolute Gasteiger partial charge is 0.466 e. The van der Waals surface area contributed by atoms with Gasteiger partial charge in [0.05, 0.1) is 13.2 Å². The lowest BCUT2D eigenvalue weighted by Crippen LogP contribution is -2.40. The molecule has 0 bridgehead atoms. The van der Waals surface area contributed by atoms with Gasteiger partial charge in [0, 0.05) is 18.9 Å². The SMILES string of the molecule is CCOC(=O)CC[C@@H]1C[C@H](F)CN1C(=O)OC(C)(C)C. The monoisotopic (exact) mass is 289 g/mol. The zero-order chi connectivity index (χ0) is 15.3. The van der Waals surface area contributed by atoms with Crippen molar-refractivity contribution in [2.75, 3.05) is 13.2 Å². The van der Waals surface area contributed by atoms with Gasteiger partial charge in [0.25, 0.3) is 0 Å². The van der Waals surface area contributed by atoms with Crippen molar-refractivity contribution in [3.05, 3.63) is 0 Å². The van der Waals surface area contributed by atoms with Crippen molar-refractivity contribution in [2.45, 2.75) is 64.8 Å². The number of ether oxygens (including phenoxy) is 2. The first-order valence-electron chi connectivity index (χ1n) is 7.02. The third-order valence-corrected chi connectivity index (χ3v) is 2.98. The van der Waals surface area contributed by atoms with Crippen molar-refractivity contribution < 1.29 is 23.5 Å². The summed E-state index contributed by atoms with van der Waals surface area (Å²) < 4.78 is 23.6. The second-order valence-electron chi connectivity index (χ2n) is 5.96. The molecule has 0 aromatic rings. The molecule has 0 aromatic carbocycles. The number of rotatable bonds is 4. The lowest BCUT2D eigenvalue weighted by molar-refractivity contribution is -0.143. The lowest BCUT2D eigenvalue weighted by atomic mass is 10.1. The molecule has 1 saturated heterocycles. The summed E-state index contributed by atoms with van der Waals surface area (Å²) >= 11 is 0. The molecule has 0 saturated carbocycles. The van der Waals surface area contributed by atoms with Crippen LogP contribution in [0.3, 0.4) is 0 Å². The number of amides is 1. The van der Waals surface area contributed by atoms with Crippen LogP contribution in [0.5, 0.6) is 0 Å². The summed E-state index contributed by atoms with van der Waals surface area (Å²) in [6, 6.07) is -0.302. The first kappa shape index (κ1) is 16.7. The average Bonchev–Trinajstić information content (AvgIpc) is 2.66. The molecule has 1 rings (SSSR count). The number of hydrogen-bond donors (Lipinski definition) is 0. The van der Waals surface area contributed by atoms with Crippen molar-refractivity contribution in [3.63, 3.8) is 0 Å². The summed E-state index contributed by atoms with van der Waals surface area (Å²) in [6.07, 6.45) is -0.747. The minimum atomic E-state index is -1.06. The van der Waals surface area contributed by atoms with Gasteiger partial charge in [-0.15, -0.1) is 0 Å². The molecule has 1 heterocycles. The molecule has 0 aromatic heterocycles. The Balaban J connectivity index is 2.55. The fraction of sp³-hybridized carbons (Fsp3) is 0.857. The molecular weight excluding hydrogens is 265 g/mol. The third kappa shape index (κ3) is 5.35. The number of carbonyl (C=O) groups excluding carboxylic acids is 2. The van der Waals surface area contributed by atoms with E-state index in [1.165, 1.54) is 4.90 Å². The average molecular weight is 289 g/mol. The molecule has 0 N–H and O–H groups in total. The quantitative estimate of drug-likeness (QED) is 0.747. The first-order chi connectivity index (χ1) is 9.23. The molecule has 1 fully saturated rings. The summed E-state index contributed by atoms with van der Waals surface area (Å²) in [4.78, 5) is 24.7. The molecule has 0 aliphatic carbocycles. The highest BCUT2D eigenvalue weighted by atomic mass is 19.1. The normalized spacial score (nSPS) is 22.8. The third-order valence-electron chi connectivity index (χ3n) is 2.98. The maximum Gasteiger partial charge on any atom is 0.410 e. The molecule has 1 aliphatic rings. The van der Waals surface area contributed by atoms with E-state index in [4.69, 9.17) is 9.47 Å². The summed E-state index contributed by atoms with van der Waals surface area (Å²) in [7, 11) is 0. The molecule has 20 heavy (non-hydrogen) atoms. The minimum Gasteiger partial charge on any atom is -0.466 e. The van der Waals surface area contributed by atoms with Gasteiger partial charge in [-0.05, 0) is 34.1 Å². The number of halogens is 1. The van der Waals surface area contributed by atoms with Crippen LogP contribution in [0.15, 0.2) is 0 Å². The predicted molar refractivity (Wildman–Crippen MR) is 72.1 cm³/mol. The number of carbonyl (C=O) groups is 2. The van der Waals surface area contributed by atoms with Gasteiger partial charge in [-0.3, -0.25) is 4.79 Å². The van der Waals surface area contributed by atoms with E-state index in [2.05, 4.69) is 0 Å². The highest BCUT2D eigenvalue weighted by molar-refractivity contribution is 5.70. The number of likely N-dealkylation sites (tertiary alicyclic amines) is 1. The Bertz CT molecular complexity index is 354. The van der Waals surface area contributed by atoms with Crippen LogP contribution in [0.4, 0.5) is 9.18 Å². The summed E-state index contributed by atoms with van der Waals surface area (Å²) in [5.74, 6) is -0.320. The van der Waals surface area contributed by atoms with E-state index in [-0.39, 0.29) is 31.4 Å². The Kier molecular flexibility index (Phi) is 5.77. The van der Waals surface area contributed by atoms with Crippen LogP contribution in [-0.4, -0.2) is 47.9 Å². The zero-order valence-corrected chi connectivity index (χ0v) is 12.6. The summed E-state index contributed by atoms with van der Waals surface area (Å²) in [6.45, 7) is 7.38. The van der Waals surface area contributed by atoms with Gasteiger partial charge in [-0.1, -0.05) is 0 Å². The fourth-order valence-corrected chi connectivity index (χ4v) is 2.19. The van der Waals surface area contributed by atoms with Crippen molar-refractivity contribution in [2.24, 2.45) is 0 Å². The van der Waals surface area contributed by atoms with Crippen molar-refractivity contribution in [1.82, 2.24) is 4.90 Å². The highest BCUT2D eigenvalue weighted by Crippen LogP contribution is 2.26. The molecule has 5 nitrogen and oxygen atoms in total. The van der Waals surface area contributed by atoms with E-state index in [0.29, 0.717) is 13.0 Å². The van der Waals surface area contributed by atoms with E-state index in [9.17, 15) is 14.0 Å². The van der Waals surface area contributed by atoms with Crippen LogP contribution in [0.1, 0.15) is 47.0 Å². The maximum atomic E-state index is 13.5. The van der Waals surface area contributed by atoms with Gasteiger partial charge in [0.15, 0.2) is 0 Å². The number of hydrogen-bond acceptors (Lipinski definition) is 4. The molecule has 2 atom stereocenters. The molecule has 6 heteroatoms. The van der Waals surface area contributed by atoms with Crippen molar-refractivity contribution >= 4 is 12.1 Å². The standard InChI is InChI=1S/C14H24FNO4/c1-5-19-12(17)7-6-11-8-10(15)9-16(11)13(18)20-14(2,3)4/h10-11H,5-9H2,1-4H3/t10-,11+/m0/s1. The zero-order valence-electron chi connectivity index (χ0n) is 12.6. The van der Waals surface area contributed by atoms with Crippen LogP contribution >= 0.6 is 0 Å². The van der Waals surface area contributed by atoms with E-state index >= 15 is 0 Å². The Morgan fingerprint density at radius 2 is 2.00 bits per heavy atom. The number of esters is 1. The van der Waals surface area contributed by atoms with Crippen LogP contribution in [0.2, 0.25) is 0 Å². The maximum absolute atomic E-state index is 13.5. The summed E-state index contributed by atoms with van der Waals surface area (Å²) in [5, 5.41) is 0. The molecule has 116 valence electrons. The van der Waals surface area contributed by atoms with Gasteiger partial charge in [-0.25, -0.2) is 9.18 Å². The van der Waals surface area contributed by atoms with Gasteiger partial charge in [0.1, 0.15) is 11.8 Å². The van der Waals surface area contributed by atoms with Crippen LogP contribution in [0.25, 0.3) is 0 Å². The van der Waals surface area contributed by atoms with Gasteiger partial charge in [-0.2, -0.15) is 0 Å². The Morgan fingerprint density at radius 3 is 2.55 bits per heavy atom. The molecular formula is C14H24FNO4. The van der Waals surface area contributed by atoms with Gasteiger partial charge in [0.2, 0.25) is 0 Å². The Labute approximate surface area is 119 Å². The van der Waals surface area contributed by atoms with Crippen molar-refractivity contribution in [1.29, 1.82) is 0 Å². The van der Waals surface area contributed by atoms with E-state index in [1.807, 2.05) is 0 Å².